The average molecular weight is 256 g/mol. The van der Waals surface area contributed by atoms with Gasteiger partial charge in [0.25, 0.3) is 8.25 Å². The number of unbranched alkanes of at least 4 members (excludes halogenated alkanes) is 5. The van der Waals surface area contributed by atoms with Crippen molar-refractivity contribution in [2.24, 2.45) is 0 Å². The molecule has 0 saturated carbocycles. The minimum Gasteiger partial charge on any atom is -0.598 e. The van der Waals surface area contributed by atoms with Gasteiger partial charge in [-0.1, -0.05) is 43.6 Å². The van der Waals surface area contributed by atoms with E-state index < -0.39 is 8.25 Å². The Labute approximate surface area is 92.4 Å². The first-order chi connectivity index (χ1) is 5.65. The molecule has 0 aromatic heterocycles. The van der Waals surface area contributed by atoms with Crippen molar-refractivity contribution in [2.45, 2.75) is 45.4 Å². The largest absolute Gasteiger partial charge is 2.00 e. The molecule has 3 nitrogen and oxygen atoms in total. The fraction of sp³-hybridized carbons (Fsp3) is 0.875. The normalized spacial score (nSPS) is 8.00. The summed E-state index contributed by atoms with van der Waals surface area (Å²) in [4.78, 5) is 17.0. The van der Waals surface area contributed by atoms with Crippen LogP contribution in [0.1, 0.15) is 45.4 Å². The molecule has 0 aliphatic heterocycles. The third kappa shape index (κ3) is 45.4. The first-order valence-electron chi connectivity index (χ1n) is 4.25. The SMILES string of the molecule is O=[P+]([O-])[O-].[CH2-]CCCCCCC.[Cu+2]. The van der Waals surface area contributed by atoms with E-state index in [2.05, 4.69) is 13.8 Å². The topological polar surface area (TPSA) is 63.2 Å². The van der Waals surface area contributed by atoms with Gasteiger partial charge in [-0.2, -0.15) is 6.42 Å². The van der Waals surface area contributed by atoms with Gasteiger partial charge in [0.15, 0.2) is 0 Å². The summed E-state index contributed by atoms with van der Waals surface area (Å²) in [5, 5.41) is 0. The molecule has 0 aliphatic rings. The molecule has 0 fully saturated rings. The average Bonchev–Trinajstić information content (AvgIpc) is 1.97. The van der Waals surface area contributed by atoms with Crippen LogP contribution in [-0.2, 0) is 21.6 Å². The summed E-state index contributed by atoms with van der Waals surface area (Å²) in [6.07, 6.45) is 7.98. The number of hydrogen-bond donors (Lipinski definition) is 0. The summed E-state index contributed by atoms with van der Waals surface area (Å²) in [6.45, 7) is 6.02. The molecule has 83 valence electrons. The molecule has 0 heterocycles. The zero-order chi connectivity index (χ0) is 9.82. The van der Waals surface area contributed by atoms with Crippen LogP contribution < -0.4 is 9.79 Å². The van der Waals surface area contributed by atoms with E-state index >= 15 is 0 Å². The number of rotatable bonds is 5. The van der Waals surface area contributed by atoms with E-state index in [9.17, 15) is 0 Å². The van der Waals surface area contributed by atoms with Crippen molar-refractivity contribution < 1.29 is 31.4 Å². The van der Waals surface area contributed by atoms with E-state index in [0.717, 1.165) is 6.42 Å². The molecular formula is C8H17CuO3P. The van der Waals surface area contributed by atoms with Crippen molar-refractivity contribution in [1.29, 1.82) is 0 Å². The summed E-state index contributed by atoms with van der Waals surface area (Å²) >= 11 is 0. The second kappa shape index (κ2) is 18.3. The molecule has 0 amide bonds. The standard InChI is InChI=1S/C8H17.Cu.HO3P/c1-3-5-7-8-6-4-2;;1-4(2)3/h1,3-8H2,2H3;;(H,1,2,3)/q-1;+2;/p-1. The summed E-state index contributed by atoms with van der Waals surface area (Å²) in [6, 6.07) is 0. The number of hydrogen-bond acceptors (Lipinski definition) is 3. The van der Waals surface area contributed by atoms with Gasteiger partial charge in [-0.3, -0.25) is 0 Å². The molecule has 0 aliphatic carbocycles. The first kappa shape index (κ1) is 19.2. The zero-order valence-corrected chi connectivity index (χ0v) is 9.76. The Bertz CT molecular complexity index is 91.4. The Morgan fingerprint density at radius 1 is 1.15 bits per heavy atom. The molecule has 0 bridgehead atoms. The van der Waals surface area contributed by atoms with Gasteiger partial charge < -0.3 is 16.7 Å². The van der Waals surface area contributed by atoms with Crippen LogP contribution in [0.3, 0.4) is 0 Å². The van der Waals surface area contributed by atoms with Gasteiger partial charge in [0.2, 0.25) is 0 Å². The maximum atomic E-state index is 8.48. The van der Waals surface area contributed by atoms with Crippen LogP contribution >= 0.6 is 8.25 Å². The molecule has 0 aromatic rings. The van der Waals surface area contributed by atoms with Crippen LogP contribution in [0, 0.1) is 6.92 Å². The Balaban J connectivity index is -0.000000173. The fourth-order valence-electron chi connectivity index (χ4n) is 0.780. The van der Waals surface area contributed by atoms with Crippen LogP contribution in [0.2, 0.25) is 0 Å². The van der Waals surface area contributed by atoms with E-state index in [1.165, 1.54) is 32.1 Å². The smallest absolute Gasteiger partial charge is 0.598 e. The van der Waals surface area contributed by atoms with E-state index in [1.54, 1.807) is 0 Å². The molecule has 0 unspecified atom stereocenters. The quantitative estimate of drug-likeness (QED) is 0.324. The maximum Gasteiger partial charge on any atom is 2.00 e. The Morgan fingerprint density at radius 3 is 1.85 bits per heavy atom. The van der Waals surface area contributed by atoms with E-state index in [0.29, 0.717) is 0 Å². The van der Waals surface area contributed by atoms with E-state index in [-0.39, 0.29) is 17.1 Å². The van der Waals surface area contributed by atoms with Gasteiger partial charge in [-0.15, -0.1) is 0 Å². The van der Waals surface area contributed by atoms with Crippen molar-refractivity contribution in [2.75, 3.05) is 0 Å². The van der Waals surface area contributed by atoms with Gasteiger partial charge >= 0.3 is 17.1 Å². The maximum absolute atomic E-state index is 8.48. The monoisotopic (exact) mass is 255 g/mol. The van der Waals surface area contributed by atoms with Gasteiger partial charge in [0.1, 0.15) is 0 Å². The third-order valence-corrected chi connectivity index (χ3v) is 1.35. The molecule has 1 radical (unpaired) electrons. The van der Waals surface area contributed by atoms with Crippen LogP contribution in [0.15, 0.2) is 0 Å². The molecule has 5 heteroatoms. The van der Waals surface area contributed by atoms with Gasteiger partial charge in [-0.05, 0) is 0 Å². The van der Waals surface area contributed by atoms with Crippen LogP contribution in [-0.4, -0.2) is 0 Å². The van der Waals surface area contributed by atoms with Crippen molar-refractivity contribution in [3.63, 3.8) is 0 Å². The second-order valence-electron chi connectivity index (χ2n) is 2.49. The molecule has 13 heavy (non-hydrogen) atoms. The van der Waals surface area contributed by atoms with Crippen molar-refractivity contribution in [3.05, 3.63) is 6.92 Å². The minimum absolute atomic E-state index is 0. The first-order valence-corrected chi connectivity index (χ1v) is 5.35. The molecule has 0 rings (SSSR count). The molecule has 0 spiro atoms. The van der Waals surface area contributed by atoms with Crippen molar-refractivity contribution in [1.82, 2.24) is 0 Å². The van der Waals surface area contributed by atoms with Crippen LogP contribution in [0.5, 0.6) is 0 Å². The summed E-state index contributed by atoms with van der Waals surface area (Å²) in [5.41, 5.74) is 0. The van der Waals surface area contributed by atoms with E-state index in [4.69, 9.17) is 14.4 Å². The third-order valence-electron chi connectivity index (χ3n) is 1.35. The predicted molar refractivity (Wildman–Crippen MR) is 46.3 cm³/mol. The van der Waals surface area contributed by atoms with Gasteiger partial charge in [-0.25, -0.2) is 0 Å². The van der Waals surface area contributed by atoms with E-state index in [1.807, 2.05) is 0 Å². The summed E-state index contributed by atoms with van der Waals surface area (Å²) < 4.78 is 8.48. The minimum atomic E-state index is -3.37. The van der Waals surface area contributed by atoms with Crippen molar-refractivity contribution >= 4 is 8.25 Å². The molecular weight excluding hydrogens is 239 g/mol. The Kier molecular flexibility index (Phi) is 27.1. The van der Waals surface area contributed by atoms with Crippen LogP contribution in [0.25, 0.3) is 0 Å². The Hall–Kier alpha value is 0.539. The van der Waals surface area contributed by atoms with Crippen LogP contribution in [0.4, 0.5) is 0 Å². The fourth-order valence-corrected chi connectivity index (χ4v) is 0.780. The second-order valence-corrected chi connectivity index (χ2v) is 2.94. The van der Waals surface area contributed by atoms with Gasteiger partial charge in [0.05, 0.1) is 0 Å². The zero-order valence-electron chi connectivity index (χ0n) is 7.92. The molecule has 0 N–H and O–H groups in total. The summed E-state index contributed by atoms with van der Waals surface area (Å²) in [7, 11) is -3.37. The van der Waals surface area contributed by atoms with Gasteiger partial charge in [0, 0.05) is 0 Å². The van der Waals surface area contributed by atoms with Crippen molar-refractivity contribution in [3.8, 4) is 0 Å². The Morgan fingerprint density at radius 2 is 1.54 bits per heavy atom. The molecule has 0 atom stereocenters. The summed E-state index contributed by atoms with van der Waals surface area (Å²) in [5.74, 6) is 0. The molecule has 0 saturated heterocycles. The molecule has 0 aromatic carbocycles. The predicted octanol–water partition coefficient (Wildman–Crippen LogP) is 1.54.